The minimum Gasteiger partial charge on any atom is -0.481 e. The first-order valence-corrected chi connectivity index (χ1v) is 4.50. The Bertz CT molecular complexity index is 234. The summed E-state index contributed by atoms with van der Waals surface area (Å²) in [6.45, 7) is 3.42. The lowest BCUT2D eigenvalue weighted by atomic mass is 10.0. The topological polar surface area (TPSA) is 64.3 Å². The first kappa shape index (κ1) is 10.0. The molecular formula is C9H14N2O2. The van der Waals surface area contributed by atoms with E-state index < -0.39 is 5.97 Å². The number of rotatable bonds is 3. The van der Waals surface area contributed by atoms with Crippen molar-refractivity contribution in [3.05, 3.63) is 0 Å². The molecule has 2 atom stereocenters. The molecule has 0 spiro atoms. The summed E-state index contributed by atoms with van der Waals surface area (Å²) in [5, 5.41) is 17.2. The quantitative estimate of drug-likeness (QED) is 0.697. The normalized spacial score (nSPS) is 28.6. The molecule has 0 aromatic heterocycles. The Morgan fingerprint density at radius 1 is 1.77 bits per heavy atom. The number of nitriles is 1. The lowest BCUT2D eigenvalue weighted by Crippen LogP contribution is -2.33. The van der Waals surface area contributed by atoms with Crippen LogP contribution in [0.15, 0.2) is 0 Å². The Labute approximate surface area is 77.8 Å². The summed E-state index contributed by atoms with van der Waals surface area (Å²) >= 11 is 0. The smallest absolute Gasteiger partial charge is 0.308 e. The molecule has 1 fully saturated rings. The highest BCUT2D eigenvalue weighted by atomic mass is 16.4. The summed E-state index contributed by atoms with van der Waals surface area (Å²) in [7, 11) is 0. The van der Waals surface area contributed by atoms with Gasteiger partial charge in [-0.25, -0.2) is 0 Å². The fourth-order valence-corrected chi connectivity index (χ4v) is 1.84. The van der Waals surface area contributed by atoms with Crippen LogP contribution in [0, 0.1) is 17.2 Å². The Hall–Kier alpha value is -1.08. The van der Waals surface area contributed by atoms with Gasteiger partial charge in [-0.3, -0.25) is 9.69 Å². The van der Waals surface area contributed by atoms with Crippen LogP contribution >= 0.6 is 0 Å². The zero-order valence-electron chi connectivity index (χ0n) is 7.73. The maximum Gasteiger partial charge on any atom is 0.308 e. The van der Waals surface area contributed by atoms with Gasteiger partial charge in [0.2, 0.25) is 0 Å². The van der Waals surface area contributed by atoms with Crippen molar-refractivity contribution in [2.45, 2.75) is 25.8 Å². The van der Waals surface area contributed by atoms with Crippen LogP contribution in [0.5, 0.6) is 0 Å². The number of carbonyl (C=O) groups is 1. The zero-order chi connectivity index (χ0) is 9.84. The second kappa shape index (κ2) is 4.24. The van der Waals surface area contributed by atoms with Crippen LogP contribution in [0.2, 0.25) is 0 Å². The Morgan fingerprint density at radius 2 is 2.46 bits per heavy atom. The van der Waals surface area contributed by atoms with E-state index in [-0.39, 0.29) is 12.0 Å². The first-order chi connectivity index (χ1) is 6.16. The van der Waals surface area contributed by atoms with Gasteiger partial charge in [-0.1, -0.05) is 0 Å². The number of aliphatic carboxylic acids is 1. The monoisotopic (exact) mass is 182 g/mol. The van der Waals surface area contributed by atoms with Crippen molar-refractivity contribution in [3.8, 4) is 6.07 Å². The fraction of sp³-hybridized carbons (Fsp3) is 0.778. The minimum atomic E-state index is -0.716. The largest absolute Gasteiger partial charge is 0.481 e. The highest BCUT2D eigenvalue weighted by molar-refractivity contribution is 5.71. The molecule has 0 bridgehead atoms. The molecule has 13 heavy (non-hydrogen) atoms. The molecule has 4 nitrogen and oxygen atoms in total. The third kappa shape index (κ3) is 2.19. The number of likely N-dealkylation sites (tertiary alicyclic amines) is 1. The Morgan fingerprint density at radius 3 is 2.92 bits per heavy atom. The van der Waals surface area contributed by atoms with Crippen molar-refractivity contribution < 1.29 is 9.90 Å². The highest BCUT2D eigenvalue weighted by Gasteiger charge is 2.34. The average Bonchev–Trinajstić information content (AvgIpc) is 2.43. The van der Waals surface area contributed by atoms with E-state index in [1.54, 1.807) is 0 Å². The van der Waals surface area contributed by atoms with Crippen LogP contribution in [0.1, 0.15) is 19.8 Å². The number of hydrogen-bond donors (Lipinski definition) is 1. The third-order valence-corrected chi connectivity index (χ3v) is 2.71. The van der Waals surface area contributed by atoms with Gasteiger partial charge in [-0.15, -0.1) is 0 Å². The molecule has 0 aliphatic carbocycles. The van der Waals surface area contributed by atoms with Gasteiger partial charge in [0.25, 0.3) is 0 Å². The fourth-order valence-electron chi connectivity index (χ4n) is 1.84. The summed E-state index contributed by atoms with van der Waals surface area (Å²) in [6, 6.07) is 2.14. The highest BCUT2D eigenvalue weighted by Crippen LogP contribution is 2.23. The maximum atomic E-state index is 10.7. The van der Waals surface area contributed by atoms with E-state index in [9.17, 15) is 4.79 Å². The van der Waals surface area contributed by atoms with Gasteiger partial charge < -0.3 is 5.11 Å². The number of carboxylic acid groups (broad SMARTS) is 1. The lowest BCUT2D eigenvalue weighted by Gasteiger charge is -2.21. The van der Waals surface area contributed by atoms with E-state index >= 15 is 0 Å². The molecule has 2 unspecified atom stereocenters. The summed E-state index contributed by atoms with van der Waals surface area (Å²) in [5.74, 6) is -0.967. The van der Waals surface area contributed by atoms with Crippen molar-refractivity contribution in [3.63, 3.8) is 0 Å². The number of carboxylic acids is 1. The standard InChI is InChI=1S/C9H14N2O2/c1-7-8(9(12)13)3-6-11(7)5-2-4-10/h7-8H,2-3,5-6H2,1H3,(H,12,13). The van der Waals surface area contributed by atoms with Crippen LogP contribution in [0.25, 0.3) is 0 Å². The van der Waals surface area contributed by atoms with Gasteiger partial charge in [0, 0.05) is 19.0 Å². The van der Waals surface area contributed by atoms with Crippen molar-refractivity contribution >= 4 is 5.97 Å². The van der Waals surface area contributed by atoms with Gasteiger partial charge in [0.15, 0.2) is 0 Å². The molecule has 0 amide bonds. The molecule has 72 valence electrons. The molecule has 4 heteroatoms. The zero-order valence-corrected chi connectivity index (χ0v) is 7.73. The summed E-state index contributed by atoms with van der Waals surface area (Å²) in [4.78, 5) is 12.8. The van der Waals surface area contributed by atoms with Gasteiger partial charge >= 0.3 is 5.97 Å². The summed E-state index contributed by atoms with van der Waals surface area (Å²) in [5.41, 5.74) is 0. The maximum absolute atomic E-state index is 10.7. The van der Waals surface area contributed by atoms with Crippen LogP contribution in [-0.2, 0) is 4.79 Å². The first-order valence-electron chi connectivity index (χ1n) is 4.50. The van der Waals surface area contributed by atoms with Gasteiger partial charge in [0.05, 0.1) is 12.0 Å². The minimum absolute atomic E-state index is 0.0749. The van der Waals surface area contributed by atoms with Gasteiger partial charge in [0.1, 0.15) is 0 Å². The second-order valence-corrected chi connectivity index (χ2v) is 3.42. The van der Waals surface area contributed by atoms with Crippen molar-refractivity contribution in [1.82, 2.24) is 4.90 Å². The van der Waals surface area contributed by atoms with E-state index in [0.29, 0.717) is 19.4 Å². The van der Waals surface area contributed by atoms with E-state index in [2.05, 4.69) is 11.0 Å². The van der Waals surface area contributed by atoms with Crippen molar-refractivity contribution in [1.29, 1.82) is 5.26 Å². The van der Waals surface area contributed by atoms with Gasteiger partial charge in [-0.05, 0) is 19.9 Å². The number of nitrogens with zero attached hydrogens (tertiary/aromatic N) is 2. The van der Waals surface area contributed by atoms with E-state index in [4.69, 9.17) is 10.4 Å². The molecule has 0 radical (unpaired) electrons. The average molecular weight is 182 g/mol. The summed E-state index contributed by atoms with van der Waals surface area (Å²) < 4.78 is 0. The van der Waals surface area contributed by atoms with E-state index in [0.717, 1.165) is 6.54 Å². The predicted octanol–water partition coefficient (Wildman–Crippen LogP) is 0.695. The number of hydrogen-bond acceptors (Lipinski definition) is 3. The molecular weight excluding hydrogens is 168 g/mol. The van der Waals surface area contributed by atoms with Crippen LogP contribution in [0.3, 0.4) is 0 Å². The molecule has 0 aromatic carbocycles. The Kier molecular flexibility index (Phi) is 3.26. The SMILES string of the molecule is CC1C(C(=O)O)CCN1CCC#N. The third-order valence-electron chi connectivity index (χ3n) is 2.71. The van der Waals surface area contributed by atoms with Crippen molar-refractivity contribution in [2.75, 3.05) is 13.1 Å². The molecule has 1 heterocycles. The molecule has 0 saturated carbocycles. The van der Waals surface area contributed by atoms with E-state index in [1.165, 1.54) is 0 Å². The van der Waals surface area contributed by atoms with Crippen LogP contribution in [0.4, 0.5) is 0 Å². The molecule has 0 aromatic rings. The van der Waals surface area contributed by atoms with E-state index in [1.807, 2.05) is 6.92 Å². The molecule has 1 saturated heterocycles. The predicted molar refractivity (Wildman–Crippen MR) is 47.0 cm³/mol. The van der Waals surface area contributed by atoms with Crippen molar-refractivity contribution in [2.24, 2.45) is 5.92 Å². The molecule has 1 aliphatic heterocycles. The van der Waals surface area contributed by atoms with Gasteiger partial charge in [-0.2, -0.15) is 5.26 Å². The van der Waals surface area contributed by atoms with Crippen LogP contribution < -0.4 is 0 Å². The molecule has 1 rings (SSSR count). The summed E-state index contributed by atoms with van der Waals surface area (Å²) in [6.07, 6.45) is 1.19. The second-order valence-electron chi connectivity index (χ2n) is 3.42. The van der Waals surface area contributed by atoms with Crippen LogP contribution in [-0.4, -0.2) is 35.1 Å². The lowest BCUT2D eigenvalue weighted by molar-refractivity contribution is -0.142. The Balaban J connectivity index is 2.46. The molecule has 1 aliphatic rings. The molecule has 1 N–H and O–H groups in total.